The summed E-state index contributed by atoms with van der Waals surface area (Å²) in [5.74, 6) is 0. The first kappa shape index (κ1) is 21.1. The number of hydrogen-bond donors (Lipinski definition) is 2. The van der Waals surface area contributed by atoms with Crippen LogP contribution in [0.15, 0.2) is 72.0 Å². The SMILES string of the molecule is Brc1ccccc1Cc1cnc[nH]1.CCc1cccc(CC)c1Cc1cnc[nH]1. The summed E-state index contributed by atoms with van der Waals surface area (Å²) < 4.78 is 1.14. The van der Waals surface area contributed by atoms with E-state index in [1.54, 1.807) is 12.7 Å². The third-order valence-corrected chi connectivity index (χ3v) is 5.72. The summed E-state index contributed by atoms with van der Waals surface area (Å²) in [7, 11) is 0. The van der Waals surface area contributed by atoms with Gasteiger partial charge in [0.05, 0.1) is 12.7 Å². The monoisotopic (exact) mass is 450 g/mol. The van der Waals surface area contributed by atoms with Crippen LogP contribution in [0.4, 0.5) is 0 Å². The number of nitrogens with zero attached hydrogens (tertiary/aromatic N) is 2. The maximum absolute atomic E-state index is 4.07. The highest BCUT2D eigenvalue weighted by molar-refractivity contribution is 9.10. The number of imidazole rings is 2. The molecule has 2 heterocycles. The normalized spacial score (nSPS) is 10.4. The Morgan fingerprint density at radius 2 is 1.28 bits per heavy atom. The van der Waals surface area contributed by atoms with Crippen molar-refractivity contribution in [3.05, 3.63) is 106 Å². The molecule has 4 rings (SSSR count). The highest BCUT2D eigenvalue weighted by atomic mass is 79.9. The molecule has 0 aliphatic heterocycles. The Kier molecular flexibility index (Phi) is 7.82. The third kappa shape index (κ3) is 5.91. The predicted octanol–water partition coefficient (Wildman–Crippen LogP) is 5.89. The Morgan fingerprint density at radius 1 is 0.724 bits per heavy atom. The van der Waals surface area contributed by atoms with Crippen molar-refractivity contribution in [3.63, 3.8) is 0 Å². The van der Waals surface area contributed by atoms with Crippen molar-refractivity contribution in [2.45, 2.75) is 39.5 Å². The minimum atomic E-state index is 0.890. The molecule has 4 aromatic rings. The van der Waals surface area contributed by atoms with Crippen LogP contribution in [0.1, 0.15) is 47.5 Å². The molecule has 2 N–H and O–H groups in total. The summed E-state index contributed by atoms with van der Waals surface area (Å²) in [5, 5.41) is 0. The third-order valence-electron chi connectivity index (χ3n) is 4.95. The second kappa shape index (κ2) is 10.8. The first-order chi connectivity index (χ1) is 14.2. The fraction of sp³-hybridized carbons (Fsp3) is 0.250. The van der Waals surface area contributed by atoms with Crippen LogP contribution in [0.3, 0.4) is 0 Å². The van der Waals surface area contributed by atoms with Gasteiger partial charge in [0, 0.05) is 41.1 Å². The molecule has 0 bridgehead atoms. The molecule has 0 atom stereocenters. The molecule has 0 saturated carbocycles. The number of halogens is 1. The van der Waals surface area contributed by atoms with Crippen LogP contribution in [0.5, 0.6) is 0 Å². The number of hydrogen-bond acceptors (Lipinski definition) is 2. The van der Waals surface area contributed by atoms with E-state index < -0.39 is 0 Å². The standard InChI is InChI=1S/C14H18N2.C10H9BrN2/c1-3-11-6-5-7-12(4-2)14(11)8-13-9-15-10-16-13;11-10-4-2-1-3-8(10)5-9-6-12-7-13-9/h5-7,9-10H,3-4,8H2,1-2H3,(H,15,16);1-4,6-7H,5H2,(H,12,13). The van der Waals surface area contributed by atoms with Gasteiger partial charge in [-0.1, -0.05) is 66.2 Å². The van der Waals surface area contributed by atoms with Crippen LogP contribution in [0, 0.1) is 0 Å². The summed E-state index contributed by atoms with van der Waals surface area (Å²) in [4.78, 5) is 14.3. The summed E-state index contributed by atoms with van der Waals surface area (Å²) in [6.07, 6.45) is 11.2. The van der Waals surface area contributed by atoms with Gasteiger partial charge in [-0.05, 0) is 41.2 Å². The minimum absolute atomic E-state index is 0.890. The van der Waals surface area contributed by atoms with Gasteiger partial charge in [-0.15, -0.1) is 0 Å². The molecule has 5 heteroatoms. The average Bonchev–Trinajstić information content (AvgIpc) is 3.45. The van der Waals surface area contributed by atoms with Gasteiger partial charge < -0.3 is 9.97 Å². The molecular weight excluding hydrogens is 424 g/mol. The molecule has 4 nitrogen and oxygen atoms in total. The molecule has 2 aromatic heterocycles. The van der Waals surface area contributed by atoms with Gasteiger partial charge >= 0.3 is 0 Å². The lowest BCUT2D eigenvalue weighted by molar-refractivity contribution is 0.982. The summed E-state index contributed by atoms with van der Waals surface area (Å²) in [6, 6.07) is 14.8. The molecule has 0 unspecified atom stereocenters. The summed E-state index contributed by atoms with van der Waals surface area (Å²) in [5.41, 5.74) is 7.97. The Bertz CT molecular complexity index is 969. The molecule has 0 fully saturated rings. The van der Waals surface area contributed by atoms with Crippen molar-refractivity contribution in [2.75, 3.05) is 0 Å². The minimum Gasteiger partial charge on any atom is -0.348 e. The number of aromatic nitrogens is 4. The Labute approximate surface area is 181 Å². The summed E-state index contributed by atoms with van der Waals surface area (Å²) >= 11 is 3.51. The zero-order valence-corrected chi connectivity index (χ0v) is 18.5. The molecule has 2 aromatic carbocycles. The number of rotatable bonds is 6. The lowest BCUT2D eigenvalue weighted by Crippen LogP contribution is -2.00. The van der Waals surface area contributed by atoms with Crippen molar-refractivity contribution in [2.24, 2.45) is 0 Å². The van der Waals surface area contributed by atoms with E-state index in [2.05, 4.69) is 74.0 Å². The van der Waals surface area contributed by atoms with Crippen LogP contribution in [0.25, 0.3) is 0 Å². The molecule has 0 radical (unpaired) electrons. The van der Waals surface area contributed by atoms with Crippen molar-refractivity contribution < 1.29 is 0 Å². The molecule has 0 saturated heterocycles. The number of benzene rings is 2. The van der Waals surface area contributed by atoms with Gasteiger partial charge in [0.15, 0.2) is 0 Å². The number of aromatic amines is 2. The number of aryl methyl sites for hydroxylation is 2. The molecule has 0 aliphatic rings. The van der Waals surface area contributed by atoms with Gasteiger partial charge in [0.2, 0.25) is 0 Å². The van der Waals surface area contributed by atoms with Crippen molar-refractivity contribution in [1.82, 2.24) is 19.9 Å². The number of H-pyrrole nitrogens is 2. The molecular formula is C24H27BrN4. The van der Waals surface area contributed by atoms with E-state index in [4.69, 9.17) is 0 Å². The van der Waals surface area contributed by atoms with E-state index in [1.807, 2.05) is 30.6 Å². The van der Waals surface area contributed by atoms with Gasteiger partial charge in [0.1, 0.15) is 0 Å². The van der Waals surface area contributed by atoms with Crippen molar-refractivity contribution in [1.29, 1.82) is 0 Å². The smallest absolute Gasteiger partial charge is 0.0921 e. The quantitative estimate of drug-likeness (QED) is 0.384. The lowest BCUT2D eigenvalue weighted by atomic mass is 9.94. The van der Waals surface area contributed by atoms with E-state index in [0.717, 1.165) is 35.8 Å². The molecule has 0 amide bonds. The second-order valence-corrected chi connectivity index (χ2v) is 7.71. The Hall–Kier alpha value is -2.66. The summed E-state index contributed by atoms with van der Waals surface area (Å²) in [6.45, 7) is 4.43. The van der Waals surface area contributed by atoms with Crippen LogP contribution in [-0.4, -0.2) is 19.9 Å². The van der Waals surface area contributed by atoms with Crippen LogP contribution in [-0.2, 0) is 25.7 Å². The van der Waals surface area contributed by atoms with E-state index in [-0.39, 0.29) is 0 Å². The van der Waals surface area contributed by atoms with Crippen LogP contribution in [0.2, 0.25) is 0 Å². The number of nitrogens with one attached hydrogen (secondary N) is 2. The topological polar surface area (TPSA) is 57.4 Å². The van der Waals surface area contributed by atoms with Gasteiger partial charge in [0.25, 0.3) is 0 Å². The Morgan fingerprint density at radius 3 is 1.79 bits per heavy atom. The van der Waals surface area contributed by atoms with Crippen molar-refractivity contribution in [3.8, 4) is 0 Å². The predicted molar refractivity (Wildman–Crippen MR) is 122 cm³/mol. The first-order valence-electron chi connectivity index (χ1n) is 9.98. The Balaban J connectivity index is 0.000000169. The van der Waals surface area contributed by atoms with E-state index in [9.17, 15) is 0 Å². The zero-order valence-electron chi connectivity index (χ0n) is 17.0. The highest BCUT2D eigenvalue weighted by Gasteiger charge is 2.07. The maximum Gasteiger partial charge on any atom is 0.0921 e. The average molecular weight is 451 g/mol. The molecule has 150 valence electrons. The fourth-order valence-corrected chi connectivity index (χ4v) is 3.80. The van der Waals surface area contributed by atoms with Crippen molar-refractivity contribution >= 4 is 15.9 Å². The van der Waals surface area contributed by atoms with Crippen LogP contribution >= 0.6 is 15.9 Å². The first-order valence-corrected chi connectivity index (χ1v) is 10.8. The second-order valence-electron chi connectivity index (χ2n) is 6.86. The van der Waals surface area contributed by atoms with Gasteiger partial charge in [-0.2, -0.15) is 0 Å². The molecule has 0 spiro atoms. The lowest BCUT2D eigenvalue weighted by Gasteiger charge is -2.12. The molecule has 29 heavy (non-hydrogen) atoms. The zero-order chi connectivity index (χ0) is 20.5. The van der Waals surface area contributed by atoms with E-state index in [0.29, 0.717) is 0 Å². The van der Waals surface area contributed by atoms with Gasteiger partial charge in [-0.25, -0.2) is 9.97 Å². The highest BCUT2D eigenvalue weighted by Crippen LogP contribution is 2.20. The van der Waals surface area contributed by atoms with Crippen LogP contribution < -0.4 is 0 Å². The maximum atomic E-state index is 4.07. The van der Waals surface area contributed by atoms with Gasteiger partial charge in [-0.3, -0.25) is 0 Å². The van der Waals surface area contributed by atoms with E-state index >= 15 is 0 Å². The van der Waals surface area contributed by atoms with E-state index in [1.165, 1.54) is 27.9 Å². The largest absolute Gasteiger partial charge is 0.348 e. The fourth-order valence-electron chi connectivity index (χ4n) is 3.38. The molecule has 0 aliphatic carbocycles.